The van der Waals surface area contributed by atoms with Gasteiger partial charge in [-0.05, 0) is 36.2 Å². The van der Waals surface area contributed by atoms with Crippen molar-refractivity contribution >= 4 is 34.8 Å². The lowest BCUT2D eigenvalue weighted by Crippen LogP contribution is -2.13. The summed E-state index contributed by atoms with van der Waals surface area (Å²) in [5, 5.41) is 5.38. The first kappa shape index (κ1) is 21.8. The molecule has 3 rings (SSSR count). The highest BCUT2D eigenvalue weighted by Gasteiger charge is 2.12. The summed E-state index contributed by atoms with van der Waals surface area (Å²) in [4.78, 5) is 0. The molecule has 0 spiro atoms. The van der Waals surface area contributed by atoms with Gasteiger partial charge in [-0.1, -0.05) is 71.2 Å². The first-order valence-electron chi connectivity index (χ1n) is 9.34. The molecule has 1 N–H and O–H groups in total. The van der Waals surface area contributed by atoms with Crippen molar-refractivity contribution in [1.82, 2.24) is 5.32 Å². The van der Waals surface area contributed by atoms with Crippen LogP contribution in [0.15, 0.2) is 60.7 Å². The van der Waals surface area contributed by atoms with Crippen molar-refractivity contribution in [3.05, 3.63) is 92.4 Å². The Labute approximate surface area is 186 Å². The number of hydrogen-bond acceptors (Lipinski definition) is 3. The lowest BCUT2D eigenvalue weighted by molar-refractivity contribution is 0.269. The van der Waals surface area contributed by atoms with Gasteiger partial charge in [0.1, 0.15) is 6.61 Å². The SMILES string of the molecule is CCOc1cc(CNCc2ccccc2Cl)c(Cl)cc1OCc1ccccc1Cl. The maximum Gasteiger partial charge on any atom is 0.163 e. The summed E-state index contributed by atoms with van der Waals surface area (Å²) >= 11 is 18.9. The van der Waals surface area contributed by atoms with Crippen molar-refractivity contribution in [3.8, 4) is 11.5 Å². The van der Waals surface area contributed by atoms with Crippen LogP contribution < -0.4 is 14.8 Å². The van der Waals surface area contributed by atoms with Crippen LogP contribution in [0.25, 0.3) is 0 Å². The highest BCUT2D eigenvalue weighted by molar-refractivity contribution is 6.32. The molecule has 6 heteroatoms. The molecule has 0 unspecified atom stereocenters. The van der Waals surface area contributed by atoms with E-state index in [9.17, 15) is 0 Å². The average Bonchev–Trinajstić information content (AvgIpc) is 2.71. The predicted octanol–water partition coefficient (Wildman–Crippen LogP) is 6.91. The van der Waals surface area contributed by atoms with Crippen molar-refractivity contribution in [2.45, 2.75) is 26.6 Å². The summed E-state index contributed by atoms with van der Waals surface area (Å²) in [5.41, 5.74) is 2.86. The normalized spacial score (nSPS) is 10.8. The van der Waals surface area contributed by atoms with E-state index in [4.69, 9.17) is 44.3 Å². The fourth-order valence-electron chi connectivity index (χ4n) is 2.84. The van der Waals surface area contributed by atoms with Crippen molar-refractivity contribution < 1.29 is 9.47 Å². The van der Waals surface area contributed by atoms with E-state index in [1.165, 1.54) is 0 Å². The summed E-state index contributed by atoms with van der Waals surface area (Å²) in [6, 6.07) is 19.0. The van der Waals surface area contributed by atoms with Crippen LogP contribution >= 0.6 is 34.8 Å². The van der Waals surface area contributed by atoms with Gasteiger partial charge in [0.2, 0.25) is 0 Å². The van der Waals surface area contributed by atoms with Gasteiger partial charge in [0.25, 0.3) is 0 Å². The molecule has 0 bridgehead atoms. The van der Waals surface area contributed by atoms with Gasteiger partial charge in [0, 0.05) is 39.8 Å². The van der Waals surface area contributed by atoms with E-state index in [0.717, 1.165) is 21.7 Å². The molecule has 0 saturated heterocycles. The summed E-state index contributed by atoms with van der Waals surface area (Å²) in [6.45, 7) is 4.01. The van der Waals surface area contributed by atoms with Gasteiger partial charge in [-0.15, -0.1) is 0 Å². The zero-order chi connectivity index (χ0) is 20.6. The van der Waals surface area contributed by atoms with E-state index in [1.807, 2.05) is 61.5 Å². The first-order valence-corrected chi connectivity index (χ1v) is 10.5. The molecular weight excluding hydrogens is 429 g/mol. The summed E-state index contributed by atoms with van der Waals surface area (Å²) < 4.78 is 11.7. The van der Waals surface area contributed by atoms with Gasteiger partial charge in [0.15, 0.2) is 11.5 Å². The van der Waals surface area contributed by atoms with Crippen LogP contribution in [0, 0.1) is 0 Å². The Kier molecular flexibility index (Phi) is 8.08. The standard InChI is InChI=1S/C23H22Cl3NO2/c1-2-28-22-11-18(14-27-13-16-7-3-5-9-19(16)24)21(26)12-23(22)29-15-17-8-4-6-10-20(17)25/h3-12,27H,2,13-15H2,1H3. The van der Waals surface area contributed by atoms with E-state index in [1.54, 1.807) is 6.07 Å². The summed E-state index contributed by atoms with van der Waals surface area (Å²) in [7, 11) is 0. The zero-order valence-corrected chi connectivity index (χ0v) is 18.3. The van der Waals surface area contributed by atoms with E-state index in [2.05, 4.69) is 5.32 Å². The molecule has 0 aliphatic heterocycles. The Bertz CT molecular complexity index is 963. The minimum absolute atomic E-state index is 0.334. The zero-order valence-electron chi connectivity index (χ0n) is 16.1. The molecule has 0 heterocycles. The maximum absolute atomic E-state index is 6.50. The lowest BCUT2D eigenvalue weighted by Gasteiger charge is -2.16. The van der Waals surface area contributed by atoms with Gasteiger partial charge in [-0.2, -0.15) is 0 Å². The van der Waals surface area contributed by atoms with Crippen LogP contribution in [0.1, 0.15) is 23.6 Å². The Hall–Kier alpha value is -1.91. The van der Waals surface area contributed by atoms with Crippen LogP contribution in [-0.2, 0) is 19.7 Å². The van der Waals surface area contributed by atoms with Crippen LogP contribution in [0.4, 0.5) is 0 Å². The monoisotopic (exact) mass is 449 g/mol. The van der Waals surface area contributed by atoms with Crippen LogP contribution in [-0.4, -0.2) is 6.61 Å². The third-order valence-corrected chi connectivity index (χ3v) is 5.43. The number of nitrogens with one attached hydrogen (secondary N) is 1. The van der Waals surface area contributed by atoms with E-state index < -0.39 is 0 Å². The van der Waals surface area contributed by atoms with Crippen LogP contribution in [0.5, 0.6) is 11.5 Å². The topological polar surface area (TPSA) is 30.5 Å². The fraction of sp³-hybridized carbons (Fsp3) is 0.217. The Morgan fingerprint density at radius 2 is 1.28 bits per heavy atom. The Balaban J connectivity index is 1.70. The summed E-state index contributed by atoms with van der Waals surface area (Å²) in [5.74, 6) is 1.24. The molecule has 0 aliphatic rings. The second kappa shape index (κ2) is 10.7. The smallest absolute Gasteiger partial charge is 0.163 e. The molecule has 29 heavy (non-hydrogen) atoms. The number of rotatable bonds is 9. The number of halogens is 3. The predicted molar refractivity (Wildman–Crippen MR) is 120 cm³/mol. The van der Waals surface area contributed by atoms with Crippen molar-refractivity contribution in [3.63, 3.8) is 0 Å². The fourth-order valence-corrected chi connectivity index (χ4v) is 3.45. The lowest BCUT2D eigenvalue weighted by atomic mass is 10.1. The van der Waals surface area contributed by atoms with E-state index in [-0.39, 0.29) is 0 Å². The minimum atomic E-state index is 0.334. The van der Waals surface area contributed by atoms with Gasteiger partial charge >= 0.3 is 0 Å². The summed E-state index contributed by atoms with van der Waals surface area (Å²) in [6.07, 6.45) is 0. The Morgan fingerprint density at radius 3 is 1.93 bits per heavy atom. The third kappa shape index (κ3) is 6.03. The number of hydrogen-bond donors (Lipinski definition) is 1. The second-order valence-corrected chi connectivity index (χ2v) is 7.62. The molecule has 0 fully saturated rings. The quantitative estimate of drug-likeness (QED) is 0.384. The first-order chi connectivity index (χ1) is 14.1. The minimum Gasteiger partial charge on any atom is -0.490 e. The number of benzene rings is 3. The highest BCUT2D eigenvalue weighted by atomic mass is 35.5. The van der Waals surface area contributed by atoms with Crippen LogP contribution in [0.2, 0.25) is 15.1 Å². The van der Waals surface area contributed by atoms with Gasteiger partial charge in [-0.25, -0.2) is 0 Å². The molecule has 3 aromatic carbocycles. The maximum atomic E-state index is 6.50. The molecule has 0 saturated carbocycles. The number of ether oxygens (including phenoxy) is 2. The van der Waals surface area contributed by atoms with E-state index >= 15 is 0 Å². The van der Waals surface area contributed by atoms with Gasteiger partial charge < -0.3 is 14.8 Å². The average molecular weight is 451 g/mol. The Morgan fingerprint density at radius 1 is 0.690 bits per heavy atom. The molecule has 3 nitrogen and oxygen atoms in total. The third-order valence-electron chi connectivity index (χ3n) is 4.34. The molecule has 0 aromatic heterocycles. The highest BCUT2D eigenvalue weighted by Crippen LogP contribution is 2.34. The van der Waals surface area contributed by atoms with Crippen molar-refractivity contribution in [1.29, 1.82) is 0 Å². The molecule has 0 amide bonds. The van der Waals surface area contributed by atoms with Crippen molar-refractivity contribution in [2.24, 2.45) is 0 Å². The molecule has 0 aliphatic carbocycles. The molecule has 152 valence electrons. The van der Waals surface area contributed by atoms with Gasteiger partial charge in [0.05, 0.1) is 6.61 Å². The molecule has 0 radical (unpaired) electrons. The van der Waals surface area contributed by atoms with Crippen LogP contribution in [0.3, 0.4) is 0 Å². The van der Waals surface area contributed by atoms with Crippen molar-refractivity contribution in [2.75, 3.05) is 6.61 Å². The molecule has 3 aromatic rings. The van der Waals surface area contributed by atoms with Gasteiger partial charge in [-0.3, -0.25) is 0 Å². The molecule has 0 atom stereocenters. The second-order valence-electron chi connectivity index (χ2n) is 6.40. The molecular formula is C23H22Cl3NO2. The largest absolute Gasteiger partial charge is 0.490 e. The van der Waals surface area contributed by atoms with E-state index in [0.29, 0.717) is 47.8 Å².